The molecule has 6 nitrogen and oxygen atoms in total. The lowest BCUT2D eigenvalue weighted by atomic mass is 10.00. The fourth-order valence-electron chi connectivity index (χ4n) is 4.43. The molecule has 4 aliphatic heterocycles. The summed E-state index contributed by atoms with van der Waals surface area (Å²) in [6.45, 7) is 7.91. The molecule has 0 amide bonds. The van der Waals surface area contributed by atoms with Crippen molar-refractivity contribution in [1.29, 1.82) is 0 Å². The summed E-state index contributed by atoms with van der Waals surface area (Å²) < 4.78 is 0. The van der Waals surface area contributed by atoms with E-state index in [1.165, 1.54) is 0 Å². The van der Waals surface area contributed by atoms with Crippen molar-refractivity contribution in [3.63, 3.8) is 0 Å². The van der Waals surface area contributed by atoms with Crippen LogP contribution in [-0.2, 0) is 0 Å². The molecular weight excluding hydrogens is 444 g/mol. The van der Waals surface area contributed by atoms with Crippen LogP contribution < -0.4 is 0 Å². The zero-order chi connectivity index (χ0) is 24.5. The van der Waals surface area contributed by atoms with Gasteiger partial charge in [0.25, 0.3) is 0 Å². The highest BCUT2D eigenvalue weighted by Crippen LogP contribution is 2.33. The molecule has 0 aliphatic carbocycles. The predicted molar refractivity (Wildman–Crippen MR) is 145 cm³/mol. The lowest BCUT2D eigenvalue weighted by Crippen LogP contribution is -2.12. The fraction of sp³-hybridized carbons (Fsp3) is 0. The van der Waals surface area contributed by atoms with Gasteiger partial charge in [-0.25, -0.2) is 4.98 Å². The van der Waals surface area contributed by atoms with Crippen LogP contribution in [0.5, 0.6) is 0 Å². The second kappa shape index (κ2) is 8.92. The number of benzene rings is 2. The SMILES string of the molecule is C=CN1C=Cc2ccccc2/C1=C\c1cnc2c(/C=C3\c4ccccc4C=CN3C=C)nnc-2cn1. The van der Waals surface area contributed by atoms with Crippen molar-refractivity contribution in [2.75, 3.05) is 0 Å². The second-order valence-electron chi connectivity index (χ2n) is 8.31. The molecule has 0 bridgehead atoms. The Kier molecular flexibility index (Phi) is 5.31. The highest BCUT2D eigenvalue weighted by Gasteiger charge is 2.20. The van der Waals surface area contributed by atoms with Gasteiger partial charge < -0.3 is 9.80 Å². The Labute approximate surface area is 209 Å². The minimum atomic E-state index is 0.626. The molecule has 172 valence electrons. The van der Waals surface area contributed by atoms with Gasteiger partial charge in [-0.2, -0.15) is 0 Å². The molecule has 0 spiro atoms. The normalized spacial score (nSPS) is 16.3. The molecule has 4 heterocycles. The molecule has 0 saturated heterocycles. The molecule has 6 rings (SSSR count). The first-order chi connectivity index (χ1) is 17.7. The Bertz CT molecular complexity index is 1590. The Balaban J connectivity index is 1.43. The van der Waals surface area contributed by atoms with E-state index in [1.807, 2.05) is 58.6 Å². The quantitative estimate of drug-likeness (QED) is 0.356. The number of nitrogens with zero attached hydrogens (tertiary/aromatic N) is 6. The van der Waals surface area contributed by atoms with Crippen LogP contribution in [0.25, 0.3) is 47.1 Å². The summed E-state index contributed by atoms with van der Waals surface area (Å²) in [5.41, 5.74) is 9.09. The maximum absolute atomic E-state index is 4.75. The summed E-state index contributed by atoms with van der Waals surface area (Å²) in [4.78, 5) is 13.3. The van der Waals surface area contributed by atoms with Crippen LogP contribution >= 0.6 is 0 Å². The molecule has 0 fully saturated rings. The Hall–Kier alpha value is -5.10. The summed E-state index contributed by atoms with van der Waals surface area (Å²) in [6, 6.07) is 16.5. The van der Waals surface area contributed by atoms with Crippen molar-refractivity contribution < 1.29 is 0 Å². The Morgan fingerprint density at radius 3 is 1.92 bits per heavy atom. The van der Waals surface area contributed by atoms with Gasteiger partial charge in [0.2, 0.25) is 0 Å². The van der Waals surface area contributed by atoms with E-state index in [4.69, 9.17) is 4.98 Å². The minimum absolute atomic E-state index is 0.626. The Morgan fingerprint density at radius 1 is 0.667 bits per heavy atom. The third-order valence-electron chi connectivity index (χ3n) is 6.22. The first kappa shape index (κ1) is 21.4. The van der Waals surface area contributed by atoms with E-state index < -0.39 is 0 Å². The van der Waals surface area contributed by atoms with E-state index in [0.717, 1.165) is 33.6 Å². The van der Waals surface area contributed by atoms with Gasteiger partial charge in [-0.1, -0.05) is 61.7 Å². The molecule has 0 unspecified atom stereocenters. The molecule has 0 atom stereocenters. The van der Waals surface area contributed by atoms with Crippen molar-refractivity contribution in [1.82, 2.24) is 30.0 Å². The van der Waals surface area contributed by atoms with Crippen LogP contribution in [0.1, 0.15) is 33.6 Å². The predicted octanol–water partition coefficient (Wildman–Crippen LogP) is 6.23. The average Bonchev–Trinajstić information content (AvgIpc) is 3.19. The highest BCUT2D eigenvalue weighted by molar-refractivity contribution is 5.90. The van der Waals surface area contributed by atoms with Crippen LogP contribution in [0.3, 0.4) is 0 Å². The first-order valence-electron chi connectivity index (χ1n) is 11.5. The summed E-state index contributed by atoms with van der Waals surface area (Å²) in [6.07, 6.45) is 19.1. The molecular formula is C30H22N6. The molecule has 0 N–H and O–H groups in total. The number of fused-ring (bicyclic) bond motifs is 3. The van der Waals surface area contributed by atoms with E-state index in [0.29, 0.717) is 22.8 Å². The van der Waals surface area contributed by atoms with Gasteiger partial charge in [-0.3, -0.25) is 4.98 Å². The highest BCUT2D eigenvalue weighted by atomic mass is 15.2. The zero-order valence-corrected chi connectivity index (χ0v) is 19.5. The largest absolute Gasteiger partial charge is 0.324 e. The maximum atomic E-state index is 4.75. The van der Waals surface area contributed by atoms with Crippen LogP contribution in [0, 0.1) is 0 Å². The van der Waals surface area contributed by atoms with Gasteiger partial charge in [0.15, 0.2) is 0 Å². The molecule has 0 radical (unpaired) electrons. The summed E-state index contributed by atoms with van der Waals surface area (Å²) in [5.74, 6) is 0. The first-order valence-corrected chi connectivity index (χ1v) is 11.5. The van der Waals surface area contributed by atoms with Gasteiger partial charge in [0.05, 0.1) is 29.5 Å². The molecule has 0 saturated carbocycles. The van der Waals surface area contributed by atoms with Crippen molar-refractivity contribution in [2.45, 2.75) is 0 Å². The molecule has 2 aromatic rings. The van der Waals surface area contributed by atoms with Crippen LogP contribution in [0.2, 0.25) is 0 Å². The smallest absolute Gasteiger partial charge is 0.132 e. The summed E-state index contributed by atoms with van der Waals surface area (Å²) in [5, 5.41) is 8.74. The van der Waals surface area contributed by atoms with E-state index >= 15 is 0 Å². The third kappa shape index (κ3) is 3.71. The van der Waals surface area contributed by atoms with Crippen molar-refractivity contribution in [3.05, 3.63) is 133 Å². The van der Waals surface area contributed by atoms with Crippen LogP contribution in [0.4, 0.5) is 0 Å². The molecule has 6 heteroatoms. The number of hydrogen-bond donors (Lipinski definition) is 0. The van der Waals surface area contributed by atoms with E-state index in [2.05, 4.69) is 64.8 Å². The molecule has 36 heavy (non-hydrogen) atoms. The average molecular weight is 467 g/mol. The maximum Gasteiger partial charge on any atom is 0.132 e. The monoisotopic (exact) mass is 466 g/mol. The van der Waals surface area contributed by atoms with Gasteiger partial charge in [-0.15, -0.1) is 10.2 Å². The van der Waals surface area contributed by atoms with Crippen molar-refractivity contribution in [2.24, 2.45) is 0 Å². The lowest BCUT2D eigenvalue weighted by molar-refractivity contribution is 0.728. The number of aromatic nitrogens is 4. The summed E-state index contributed by atoms with van der Waals surface area (Å²) >= 11 is 0. The minimum Gasteiger partial charge on any atom is -0.324 e. The number of rotatable bonds is 4. The van der Waals surface area contributed by atoms with E-state index in [9.17, 15) is 0 Å². The zero-order valence-electron chi connectivity index (χ0n) is 19.5. The standard InChI is InChI=1S/C30H22N6/c1-3-35-15-13-21-9-5-7-11-24(21)28(35)17-23-19-32-30-26(33-34-27(30)20-31-23)18-29-25-12-8-6-10-22(25)14-16-36(29)4-2/h3-20H,1-2H2/b28-17+,29-18+. The Morgan fingerprint density at radius 2 is 1.28 bits per heavy atom. The van der Waals surface area contributed by atoms with E-state index in [1.54, 1.807) is 24.8 Å². The van der Waals surface area contributed by atoms with Gasteiger partial charge >= 0.3 is 0 Å². The van der Waals surface area contributed by atoms with Gasteiger partial charge in [0, 0.05) is 35.9 Å². The van der Waals surface area contributed by atoms with Gasteiger partial charge in [0.1, 0.15) is 17.1 Å². The fourth-order valence-corrected chi connectivity index (χ4v) is 4.43. The van der Waals surface area contributed by atoms with Crippen molar-refractivity contribution >= 4 is 35.7 Å². The molecule has 4 aliphatic rings. The van der Waals surface area contributed by atoms with Crippen LogP contribution in [0.15, 0.2) is 98.9 Å². The molecule has 0 aromatic heterocycles. The van der Waals surface area contributed by atoms with Crippen LogP contribution in [-0.4, -0.2) is 30.0 Å². The lowest BCUT2D eigenvalue weighted by Gasteiger charge is -2.25. The topological polar surface area (TPSA) is 58.0 Å². The molecule has 2 aromatic carbocycles. The number of hydrogen-bond acceptors (Lipinski definition) is 6. The van der Waals surface area contributed by atoms with Crippen molar-refractivity contribution in [3.8, 4) is 11.4 Å². The second-order valence-corrected chi connectivity index (χ2v) is 8.31. The van der Waals surface area contributed by atoms with E-state index in [-0.39, 0.29) is 0 Å². The third-order valence-corrected chi connectivity index (χ3v) is 6.22. The van der Waals surface area contributed by atoms with Gasteiger partial charge in [-0.05, 0) is 35.4 Å². The summed E-state index contributed by atoms with van der Waals surface area (Å²) in [7, 11) is 0.